The van der Waals surface area contributed by atoms with Crippen LogP contribution < -0.4 is 0 Å². The van der Waals surface area contributed by atoms with Gasteiger partial charge in [0.1, 0.15) is 18.8 Å². The first-order chi connectivity index (χ1) is 13.7. The van der Waals surface area contributed by atoms with E-state index in [-0.39, 0.29) is 25.2 Å². The van der Waals surface area contributed by atoms with Crippen molar-refractivity contribution in [2.75, 3.05) is 39.8 Å². The SMILES string of the molecule is CN(CCCN1CCN(C(=O)OCc2ccccc2)CC1=O)C(=O)OC(C)(C)C. The minimum absolute atomic E-state index is 0.00945. The van der Waals surface area contributed by atoms with Crippen LogP contribution in [-0.4, -0.2) is 78.2 Å². The first-order valence-corrected chi connectivity index (χ1v) is 9.83. The smallest absolute Gasteiger partial charge is 0.410 e. The van der Waals surface area contributed by atoms with Crippen molar-refractivity contribution < 1.29 is 23.9 Å². The van der Waals surface area contributed by atoms with Crippen molar-refractivity contribution in [3.05, 3.63) is 35.9 Å². The number of rotatable bonds is 6. The van der Waals surface area contributed by atoms with Crippen LogP contribution >= 0.6 is 0 Å². The maximum atomic E-state index is 12.4. The molecule has 2 rings (SSSR count). The Morgan fingerprint density at radius 2 is 1.83 bits per heavy atom. The molecule has 0 bridgehead atoms. The lowest BCUT2D eigenvalue weighted by molar-refractivity contribution is -0.135. The zero-order valence-electron chi connectivity index (χ0n) is 17.7. The maximum Gasteiger partial charge on any atom is 0.410 e. The largest absolute Gasteiger partial charge is 0.445 e. The normalized spacial score (nSPS) is 14.6. The quantitative estimate of drug-likeness (QED) is 0.727. The Kier molecular flexibility index (Phi) is 7.87. The van der Waals surface area contributed by atoms with Gasteiger partial charge >= 0.3 is 12.2 Å². The highest BCUT2D eigenvalue weighted by Crippen LogP contribution is 2.11. The van der Waals surface area contributed by atoms with Gasteiger partial charge in [-0.3, -0.25) is 9.69 Å². The Hall–Kier alpha value is -2.77. The first kappa shape index (κ1) is 22.5. The topological polar surface area (TPSA) is 79.4 Å². The number of ether oxygens (including phenoxy) is 2. The van der Waals surface area contributed by atoms with E-state index in [1.807, 2.05) is 51.1 Å². The minimum Gasteiger partial charge on any atom is -0.445 e. The van der Waals surface area contributed by atoms with E-state index in [1.165, 1.54) is 9.80 Å². The average Bonchev–Trinajstić information content (AvgIpc) is 2.66. The van der Waals surface area contributed by atoms with Crippen LogP contribution in [0.5, 0.6) is 0 Å². The molecule has 3 amide bonds. The lowest BCUT2D eigenvalue weighted by Crippen LogP contribution is -2.52. The number of hydrogen-bond acceptors (Lipinski definition) is 5. The summed E-state index contributed by atoms with van der Waals surface area (Å²) in [5.74, 6) is -0.118. The summed E-state index contributed by atoms with van der Waals surface area (Å²) in [6, 6.07) is 9.42. The minimum atomic E-state index is -0.535. The van der Waals surface area contributed by atoms with Crippen molar-refractivity contribution in [3.8, 4) is 0 Å². The highest BCUT2D eigenvalue weighted by atomic mass is 16.6. The second-order valence-corrected chi connectivity index (χ2v) is 8.10. The Morgan fingerprint density at radius 3 is 2.45 bits per heavy atom. The first-order valence-electron chi connectivity index (χ1n) is 9.83. The summed E-state index contributed by atoms with van der Waals surface area (Å²) in [7, 11) is 1.68. The third kappa shape index (κ3) is 7.63. The van der Waals surface area contributed by atoms with E-state index in [4.69, 9.17) is 9.47 Å². The van der Waals surface area contributed by atoms with Crippen LogP contribution in [0, 0.1) is 0 Å². The van der Waals surface area contributed by atoms with Crippen molar-refractivity contribution in [2.45, 2.75) is 39.4 Å². The van der Waals surface area contributed by atoms with E-state index in [0.29, 0.717) is 32.6 Å². The molecular formula is C21H31N3O5. The average molecular weight is 405 g/mol. The predicted octanol–water partition coefficient (Wildman–Crippen LogP) is 2.72. The van der Waals surface area contributed by atoms with Gasteiger partial charge in [0.25, 0.3) is 0 Å². The van der Waals surface area contributed by atoms with Crippen molar-refractivity contribution in [2.24, 2.45) is 0 Å². The zero-order chi connectivity index (χ0) is 21.4. The van der Waals surface area contributed by atoms with E-state index in [1.54, 1.807) is 11.9 Å². The van der Waals surface area contributed by atoms with Crippen molar-refractivity contribution >= 4 is 18.1 Å². The number of hydrogen-bond donors (Lipinski definition) is 0. The summed E-state index contributed by atoms with van der Waals surface area (Å²) < 4.78 is 10.6. The van der Waals surface area contributed by atoms with E-state index in [0.717, 1.165) is 5.56 Å². The van der Waals surface area contributed by atoms with Gasteiger partial charge in [-0.2, -0.15) is 0 Å². The number of benzene rings is 1. The van der Waals surface area contributed by atoms with Crippen LogP contribution in [0.3, 0.4) is 0 Å². The van der Waals surface area contributed by atoms with Crippen LogP contribution in [0.15, 0.2) is 30.3 Å². The number of piperazine rings is 1. The number of carbonyl (C=O) groups is 3. The molecule has 0 radical (unpaired) electrons. The van der Waals surface area contributed by atoms with Crippen molar-refractivity contribution in [1.82, 2.24) is 14.7 Å². The molecule has 1 fully saturated rings. The molecule has 160 valence electrons. The number of amides is 3. The lowest BCUT2D eigenvalue weighted by atomic mass is 10.2. The molecule has 0 aliphatic carbocycles. The second kappa shape index (κ2) is 10.1. The molecule has 1 aromatic carbocycles. The van der Waals surface area contributed by atoms with Crippen molar-refractivity contribution in [3.63, 3.8) is 0 Å². The monoisotopic (exact) mass is 405 g/mol. The Bertz CT molecular complexity index is 702. The van der Waals surface area contributed by atoms with E-state index in [2.05, 4.69) is 0 Å². The van der Waals surface area contributed by atoms with E-state index in [9.17, 15) is 14.4 Å². The van der Waals surface area contributed by atoms with Crippen LogP contribution in [0.25, 0.3) is 0 Å². The van der Waals surface area contributed by atoms with Gasteiger partial charge in [0.05, 0.1) is 0 Å². The summed E-state index contributed by atoms with van der Waals surface area (Å²) in [4.78, 5) is 41.1. The molecule has 8 nitrogen and oxygen atoms in total. The maximum absolute atomic E-state index is 12.4. The molecule has 0 spiro atoms. The van der Waals surface area contributed by atoms with Gasteiger partial charge in [0, 0.05) is 33.2 Å². The van der Waals surface area contributed by atoms with Gasteiger partial charge in [-0.15, -0.1) is 0 Å². The summed E-state index contributed by atoms with van der Waals surface area (Å²) in [5.41, 5.74) is 0.368. The molecule has 0 N–H and O–H groups in total. The predicted molar refractivity (Wildman–Crippen MR) is 108 cm³/mol. The Balaban J connectivity index is 1.69. The highest BCUT2D eigenvalue weighted by Gasteiger charge is 2.28. The summed E-state index contributed by atoms with van der Waals surface area (Å²) in [5, 5.41) is 0. The van der Waals surface area contributed by atoms with E-state index >= 15 is 0 Å². The number of nitrogens with zero attached hydrogens (tertiary/aromatic N) is 3. The molecule has 8 heteroatoms. The Morgan fingerprint density at radius 1 is 1.14 bits per heavy atom. The third-order valence-electron chi connectivity index (χ3n) is 4.41. The summed E-state index contributed by atoms with van der Waals surface area (Å²) >= 11 is 0. The summed E-state index contributed by atoms with van der Waals surface area (Å²) in [6.07, 6.45) is -0.221. The molecule has 1 aromatic rings. The van der Waals surface area contributed by atoms with Crippen LogP contribution in [0.1, 0.15) is 32.8 Å². The molecule has 0 aromatic heterocycles. The highest BCUT2D eigenvalue weighted by molar-refractivity contribution is 5.83. The third-order valence-corrected chi connectivity index (χ3v) is 4.41. The lowest BCUT2D eigenvalue weighted by Gasteiger charge is -2.34. The van der Waals surface area contributed by atoms with Gasteiger partial charge in [-0.1, -0.05) is 30.3 Å². The van der Waals surface area contributed by atoms with Gasteiger partial charge in [-0.05, 0) is 32.8 Å². The fourth-order valence-corrected chi connectivity index (χ4v) is 2.84. The fraction of sp³-hybridized carbons (Fsp3) is 0.571. The molecule has 1 heterocycles. The molecular weight excluding hydrogens is 374 g/mol. The molecule has 0 atom stereocenters. The molecule has 0 unspecified atom stereocenters. The van der Waals surface area contributed by atoms with Gasteiger partial charge in [-0.25, -0.2) is 9.59 Å². The van der Waals surface area contributed by atoms with Crippen LogP contribution in [-0.2, 0) is 20.9 Å². The fourth-order valence-electron chi connectivity index (χ4n) is 2.84. The van der Waals surface area contributed by atoms with Gasteiger partial charge < -0.3 is 19.3 Å². The Labute approximate surface area is 172 Å². The molecule has 1 aliphatic rings. The van der Waals surface area contributed by atoms with Crippen molar-refractivity contribution in [1.29, 1.82) is 0 Å². The zero-order valence-corrected chi connectivity index (χ0v) is 17.7. The van der Waals surface area contributed by atoms with Crippen LogP contribution in [0.2, 0.25) is 0 Å². The van der Waals surface area contributed by atoms with Gasteiger partial charge in [0.15, 0.2) is 0 Å². The number of carbonyl (C=O) groups excluding carboxylic acids is 3. The van der Waals surface area contributed by atoms with Crippen LogP contribution in [0.4, 0.5) is 9.59 Å². The van der Waals surface area contributed by atoms with Gasteiger partial charge in [0.2, 0.25) is 5.91 Å². The van der Waals surface area contributed by atoms with E-state index < -0.39 is 11.7 Å². The molecule has 1 saturated heterocycles. The molecule has 0 saturated carbocycles. The molecule has 29 heavy (non-hydrogen) atoms. The summed E-state index contributed by atoms with van der Waals surface area (Å²) in [6.45, 7) is 7.56. The second-order valence-electron chi connectivity index (χ2n) is 8.10. The standard InChI is InChI=1S/C21H31N3O5/c1-21(2,3)29-19(26)22(4)11-8-12-23-13-14-24(15-18(23)25)20(27)28-16-17-9-6-5-7-10-17/h5-7,9-10H,8,11-16H2,1-4H3. The molecule has 1 aliphatic heterocycles.